The van der Waals surface area contributed by atoms with Crippen molar-refractivity contribution in [2.24, 2.45) is 0 Å². The number of hydrogen-bond donors (Lipinski definition) is 0. The third-order valence-electron chi connectivity index (χ3n) is 1.78. The molecular formula is C10H7ClFNO2. The third-order valence-corrected chi connectivity index (χ3v) is 2.09. The highest BCUT2D eigenvalue weighted by molar-refractivity contribution is 6.30. The van der Waals surface area contributed by atoms with Crippen LogP contribution in [0.3, 0.4) is 0 Å². The minimum absolute atomic E-state index is 0.0762. The Morgan fingerprint density at radius 1 is 1.47 bits per heavy atom. The van der Waals surface area contributed by atoms with Crippen molar-refractivity contribution < 1.29 is 13.7 Å². The van der Waals surface area contributed by atoms with Gasteiger partial charge in [0.15, 0.2) is 0 Å². The highest BCUT2D eigenvalue weighted by atomic mass is 35.5. The van der Waals surface area contributed by atoms with E-state index in [1.807, 2.05) is 0 Å². The van der Waals surface area contributed by atoms with Gasteiger partial charge in [-0.25, -0.2) is 4.39 Å². The van der Waals surface area contributed by atoms with Crippen molar-refractivity contribution in [1.29, 1.82) is 0 Å². The summed E-state index contributed by atoms with van der Waals surface area (Å²) in [5.41, 5.74) is 0.783. The zero-order valence-electron chi connectivity index (χ0n) is 7.61. The van der Waals surface area contributed by atoms with Crippen molar-refractivity contribution in [3.8, 4) is 5.75 Å². The number of rotatable bonds is 3. The number of benzene rings is 1. The van der Waals surface area contributed by atoms with Crippen molar-refractivity contribution in [3.63, 3.8) is 0 Å². The van der Waals surface area contributed by atoms with Crippen LogP contribution in [0.4, 0.5) is 4.39 Å². The van der Waals surface area contributed by atoms with E-state index in [0.717, 1.165) is 5.56 Å². The van der Waals surface area contributed by atoms with Gasteiger partial charge in [0.05, 0.1) is 11.2 Å². The Kier molecular flexibility index (Phi) is 2.87. The summed E-state index contributed by atoms with van der Waals surface area (Å²) < 4.78 is 22.9. The molecule has 0 aliphatic rings. The molecule has 0 saturated heterocycles. The van der Waals surface area contributed by atoms with Gasteiger partial charge in [-0.15, -0.1) is 0 Å². The van der Waals surface area contributed by atoms with Crippen LogP contribution in [0.15, 0.2) is 35.2 Å². The zero-order valence-corrected chi connectivity index (χ0v) is 8.37. The SMILES string of the molecule is Fc1cc(OCc2cnoc2)ccc1Cl. The lowest BCUT2D eigenvalue weighted by molar-refractivity contribution is 0.303. The minimum atomic E-state index is -0.500. The van der Waals surface area contributed by atoms with Crippen LogP contribution in [0.1, 0.15) is 5.56 Å². The molecule has 0 spiro atoms. The molecule has 0 unspecified atom stereocenters. The normalized spacial score (nSPS) is 10.3. The second-order valence-electron chi connectivity index (χ2n) is 2.90. The molecular weight excluding hydrogens is 221 g/mol. The highest BCUT2D eigenvalue weighted by Gasteiger charge is 2.02. The number of nitrogens with zero attached hydrogens (tertiary/aromatic N) is 1. The van der Waals surface area contributed by atoms with Gasteiger partial charge in [0, 0.05) is 11.6 Å². The maximum atomic E-state index is 13.0. The van der Waals surface area contributed by atoms with E-state index in [2.05, 4.69) is 9.68 Å². The van der Waals surface area contributed by atoms with Crippen molar-refractivity contribution in [3.05, 3.63) is 47.1 Å². The molecule has 0 radical (unpaired) electrons. The maximum Gasteiger partial charge on any atom is 0.145 e. The minimum Gasteiger partial charge on any atom is -0.489 e. The van der Waals surface area contributed by atoms with Crippen LogP contribution in [0.2, 0.25) is 5.02 Å². The average Bonchev–Trinajstić information content (AvgIpc) is 2.73. The second-order valence-corrected chi connectivity index (χ2v) is 3.30. The molecule has 0 fully saturated rings. The lowest BCUT2D eigenvalue weighted by atomic mass is 10.3. The lowest BCUT2D eigenvalue weighted by Crippen LogP contribution is -1.94. The smallest absolute Gasteiger partial charge is 0.145 e. The Balaban J connectivity index is 2.02. The predicted octanol–water partition coefficient (Wildman–Crippen LogP) is 3.05. The van der Waals surface area contributed by atoms with Gasteiger partial charge in [-0.05, 0) is 12.1 Å². The molecule has 0 aliphatic carbocycles. The first kappa shape index (κ1) is 9.98. The first-order valence-corrected chi connectivity index (χ1v) is 4.59. The van der Waals surface area contributed by atoms with E-state index < -0.39 is 5.82 Å². The molecule has 5 heteroatoms. The summed E-state index contributed by atoms with van der Waals surface area (Å²) in [6, 6.07) is 4.27. The Bertz CT molecular complexity index is 445. The number of aromatic nitrogens is 1. The molecule has 78 valence electrons. The summed E-state index contributed by atoms with van der Waals surface area (Å²) in [6.45, 7) is 0.282. The van der Waals surface area contributed by atoms with Gasteiger partial charge >= 0.3 is 0 Å². The molecule has 1 aromatic heterocycles. The van der Waals surface area contributed by atoms with E-state index >= 15 is 0 Å². The third kappa shape index (κ3) is 2.47. The average molecular weight is 228 g/mol. The fourth-order valence-corrected chi connectivity index (χ4v) is 1.15. The summed E-state index contributed by atoms with van der Waals surface area (Å²) in [5.74, 6) is -0.0856. The van der Waals surface area contributed by atoms with Crippen LogP contribution < -0.4 is 4.74 Å². The van der Waals surface area contributed by atoms with Crippen LogP contribution in [0.5, 0.6) is 5.75 Å². The quantitative estimate of drug-likeness (QED) is 0.809. The van der Waals surface area contributed by atoms with E-state index in [4.69, 9.17) is 16.3 Å². The molecule has 0 saturated carbocycles. The molecule has 0 N–H and O–H groups in total. The highest BCUT2D eigenvalue weighted by Crippen LogP contribution is 2.21. The Hall–Kier alpha value is -1.55. The Labute approximate surface area is 90.4 Å². The first-order valence-electron chi connectivity index (χ1n) is 4.22. The fraction of sp³-hybridized carbons (Fsp3) is 0.100. The molecule has 0 atom stereocenters. The summed E-state index contributed by atoms with van der Waals surface area (Å²) in [6.07, 6.45) is 3.00. The van der Waals surface area contributed by atoms with Crippen LogP contribution >= 0.6 is 11.6 Å². The van der Waals surface area contributed by atoms with Crippen molar-refractivity contribution in [1.82, 2.24) is 5.16 Å². The van der Waals surface area contributed by atoms with E-state index in [1.165, 1.54) is 24.6 Å². The monoisotopic (exact) mass is 227 g/mol. The number of hydrogen-bond acceptors (Lipinski definition) is 3. The van der Waals surface area contributed by atoms with E-state index in [0.29, 0.717) is 5.75 Å². The molecule has 3 nitrogen and oxygen atoms in total. The molecule has 2 rings (SSSR count). The topological polar surface area (TPSA) is 35.3 Å². The van der Waals surface area contributed by atoms with Crippen molar-refractivity contribution in [2.75, 3.05) is 0 Å². The summed E-state index contributed by atoms with van der Waals surface area (Å²) in [7, 11) is 0. The maximum absolute atomic E-state index is 13.0. The first-order chi connectivity index (χ1) is 7.25. The predicted molar refractivity (Wildman–Crippen MR) is 52.2 cm³/mol. The Morgan fingerprint density at radius 2 is 2.33 bits per heavy atom. The molecule has 1 aromatic carbocycles. The Morgan fingerprint density at radius 3 is 3.00 bits per heavy atom. The molecule has 2 aromatic rings. The number of ether oxygens (including phenoxy) is 1. The molecule has 0 aliphatic heterocycles. The number of halogens is 2. The van der Waals surface area contributed by atoms with Crippen LogP contribution in [0.25, 0.3) is 0 Å². The molecule has 0 bridgehead atoms. The van der Waals surface area contributed by atoms with Crippen LogP contribution in [-0.4, -0.2) is 5.16 Å². The van der Waals surface area contributed by atoms with Gasteiger partial charge in [0.2, 0.25) is 0 Å². The summed E-state index contributed by atoms with van der Waals surface area (Å²) in [4.78, 5) is 0. The zero-order chi connectivity index (χ0) is 10.7. The van der Waals surface area contributed by atoms with Gasteiger partial charge in [-0.1, -0.05) is 16.8 Å². The van der Waals surface area contributed by atoms with Crippen LogP contribution in [-0.2, 0) is 6.61 Å². The van der Waals surface area contributed by atoms with E-state index in [-0.39, 0.29) is 11.6 Å². The van der Waals surface area contributed by atoms with Gasteiger partial charge in [-0.2, -0.15) is 0 Å². The standard InChI is InChI=1S/C10H7ClFNO2/c11-9-2-1-8(3-10(9)12)14-5-7-4-13-15-6-7/h1-4,6H,5H2. The fourth-order valence-electron chi connectivity index (χ4n) is 1.03. The summed E-state index contributed by atoms with van der Waals surface area (Å²) >= 11 is 5.52. The van der Waals surface area contributed by atoms with E-state index in [1.54, 1.807) is 6.07 Å². The lowest BCUT2D eigenvalue weighted by Gasteiger charge is -2.04. The van der Waals surface area contributed by atoms with E-state index in [9.17, 15) is 4.39 Å². The van der Waals surface area contributed by atoms with Crippen molar-refractivity contribution in [2.45, 2.75) is 6.61 Å². The molecule has 15 heavy (non-hydrogen) atoms. The van der Waals surface area contributed by atoms with Gasteiger partial charge < -0.3 is 9.26 Å². The van der Waals surface area contributed by atoms with Crippen LogP contribution in [0, 0.1) is 5.82 Å². The van der Waals surface area contributed by atoms with Gasteiger partial charge in [-0.3, -0.25) is 0 Å². The second kappa shape index (κ2) is 4.31. The largest absolute Gasteiger partial charge is 0.489 e. The molecule has 0 amide bonds. The van der Waals surface area contributed by atoms with Gasteiger partial charge in [0.25, 0.3) is 0 Å². The van der Waals surface area contributed by atoms with Crippen molar-refractivity contribution >= 4 is 11.6 Å². The summed E-state index contributed by atoms with van der Waals surface area (Å²) in [5, 5.41) is 3.59. The van der Waals surface area contributed by atoms with Gasteiger partial charge in [0.1, 0.15) is 24.4 Å². The molecule has 1 heterocycles.